The van der Waals surface area contributed by atoms with E-state index in [2.05, 4.69) is 10.2 Å². The second kappa shape index (κ2) is 7.64. The third kappa shape index (κ3) is 5.19. The van der Waals surface area contributed by atoms with Crippen LogP contribution >= 0.6 is 0 Å². The molecule has 0 aromatic rings. The van der Waals surface area contributed by atoms with E-state index in [-0.39, 0.29) is 24.4 Å². The molecule has 6 heteroatoms. The molecule has 2 heterocycles. The quantitative estimate of drug-likeness (QED) is 0.804. The van der Waals surface area contributed by atoms with Crippen molar-refractivity contribution in [1.82, 2.24) is 15.1 Å². The zero-order valence-electron chi connectivity index (χ0n) is 12.9. The Bertz CT molecular complexity index is 361. The second-order valence-electron chi connectivity index (χ2n) is 6.39. The molecule has 0 aliphatic carbocycles. The summed E-state index contributed by atoms with van der Waals surface area (Å²) in [5.41, 5.74) is 0. The van der Waals surface area contributed by atoms with Crippen molar-refractivity contribution < 1.29 is 14.7 Å². The number of piperidine rings is 1. The SMILES string of the molecule is CC(CN1CCCC1)NC(=O)N1CCC(CC(=O)O)CC1. The Labute approximate surface area is 126 Å². The van der Waals surface area contributed by atoms with Crippen LogP contribution in [0, 0.1) is 5.92 Å². The van der Waals surface area contributed by atoms with Gasteiger partial charge >= 0.3 is 12.0 Å². The van der Waals surface area contributed by atoms with Crippen molar-refractivity contribution in [1.29, 1.82) is 0 Å². The summed E-state index contributed by atoms with van der Waals surface area (Å²) in [7, 11) is 0. The minimum Gasteiger partial charge on any atom is -0.481 e. The van der Waals surface area contributed by atoms with Crippen LogP contribution in [0.3, 0.4) is 0 Å². The van der Waals surface area contributed by atoms with E-state index in [0.29, 0.717) is 13.1 Å². The van der Waals surface area contributed by atoms with Crippen molar-refractivity contribution in [3.05, 3.63) is 0 Å². The first-order valence-corrected chi connectivity index (χ1v) is 8.04. The minimum atomic E-state index is -0.739. The molecule has 0 aromatic heterocycles. The molecule has 2 saturated heterocycles. The molecule has 2 aliphatic heterocycles. The van der Waals surface area contributed by atoms with E-state index in [4.69, 9.17) is 5.11 Å². The lowest BCUT2D eigenvalue weighted by Gasteiger charge is -2.32. The van der Waals surface area contributed by atoms with E-state index in [1.165, 1.54) is 12.8 Å². The van der Waals surface area contributed by atoms with Gasteiger partial charge in [0.15, 0.2) is 0 Å². The van der Waals surface area contributed by atoms with Crippen molar-refractivity contribution in [2.75, 3.05) is 32.7 Å². The van der Waals surface area contributed by atoms with Crippen LogP contribution in [0.25, 0.3) is 0 Å². The molecule has 0 saturated carbocycles. The molecule has 0 radical (unpaired) electrons. The highest BCUT2D eigenvalue weighted by atomic mass is 16.4. The number of carboxylic acid groups (broad SMARTS) is 1. The molecule has 0 aromatic carbocycles. The molecule has 1 atom stereocenters. The number of hydrogen-bond acceptors (Lipinski definition) is 3. The number of amides is 2. The van der Waals surface area contributed by atoms with Gasteiger partial charge in [-0.05, 0) is 51.6 Å². The van der Waals surface area contributed by atoms with Gasteiger partial charge < -0.3 is 20.2 Å². The molecule has 2 N–H and O–H groups in total. The molecule has 2 rings (SSSR count). The van der Waals surface area contributed by atoms with E-state index < -0.39 is 5.97 Å². The number of carboxylic acids is 1. The Kier molecular flexibility index (Phi) is 5.85. The summed E-state index contributed by atoms with van der Waals surface area (Å²) in [6.45, 7) is 6.58. The first kappa shape index (κ1) is 16.1. The maximum Gasteiger partial charge on any atom is 0.317 e. The largest absolute Gasteiger partial charge is 0.481 e. The Morgan fingerprint density at radius 2 is 1.81 bits per heavy atom. The van der Waals surface area contributed by atoms with Gasteiger partial charge in [0.1, 0.15) is 0 Å². The number of likely N-dealkylation sites (tertiary alicyclic amines) is 2. The van der Waals surface area contributed by atoms with E-state index in [1.807, 2.05) is 11.8 Å². The third-order valence-corrected chi connectivity index (χ3v) is 4.47. The van der Waals surface area contributed by atoms with E-state index in [0.717, 1.165) is 32.5 Å². The normalized spacial score (nSPS) is 22.2. The number of rotatable bonds is 5. The summed E-state index contributed by atoms with van der Waals surface area (Å²) in [5, 5.41) is 11.9. The topological polar surface area (TPSA) is 72.9 Å². The Morgan fingerprint density at radius 3 is 2.38 bits per heavy atom. The maximum atomic E-state index is 12.2. The fourth-order valence-corrected chi connectivity index (χ4v) is 3.29. The molecule has 0 spiro atoms. The monoisotopic (exact) mass is 297 g/mol. The molecule has 120 valence electrons. The van der Waals surface area contributed by atoms with Gasteiger partial charge in [0, 0.05) is 32.1 Å². The molecule has 0 bridgehead atoms. The summed E-state index contributed by atoms with van der Waals surface area (Å²) in [4.78, 5) is 27.1. The van der Waals surface area contributed by atoms with Crippen molar-refractivity contribution in [2.45, 2.75) is 45.1 Å². The lowest BCUT2D eigenvalue weighted by atomic mass is 9.94. The highest BCUT2D eigenvalue weighted by molar-refractivity contribution is 5.74. The van der Waals surface area contributed by atoms with Gasteiger partial charge in [-0.3, -0.25) is 4.79 Å². The molecular formula is C15H27N3O3. The highest BCUT2D eigenvalue weighted by Gasteiger charge is 2.25. The smallest absolute Gasteiger partial charge is 0.317 e. The van der Waals surface area contributed by atoms with Crippen molar-refractivity contribution >= 4 is 12.0 Å². The van der Waals surface area contributed by atoms with Crippen molar-refractivity contribution in [2.24, 2.45) is 5.92 Å². The van der Waals surface area contributed by atoms with E-state index >= 15 is 0 Å². The van der Waals surface area contributed by atoms with Crippen LogP contribution in [0.2, 0.25) is 0 Å². The first-order valence-electron chi connectivity index (χ1n) is 8.04. The Hall–Kier alpha value is -1.30. The van der Waals surface area contributed by atoms with E-state index in [9.17, 15) is 9.59 Å². The van der Waals surface area contributed by atoms with Crippen LogP contribution in [0.1, 0.15) is 39.0 Å². The lowest BCUT2D eigenvalue weighted by molar-refractivity contribution is -0.138. The summed E-state index contributed by atoms with van der Waals surface area (Å²) in [6, 6.07) is 0.155. The first-order chi connectivity index (χ1) is 10.0. The average Bonchev–Trinajstić information content (AvgIpc) is 2.91. The third-order valence-electron chi connectivity index (χ3n) is 4.47. The zero-order chi connectivity index (χ0) is 15.2. The minimum absolute atomic E-state index is 0.00419. The second-order valence-corrected chi connectivity index (χ2v) is 6.39. The van der Waals surface area contributed by atoms with Gasteiger partial charge in [-0.1, -0.05) is 0 Å². The van der Waals surface area contributed by atoms with E-state index in [1.54, 1.807) is 0 Å². The number of urea groups is 1. The summed E-state index contributed by atoms with van der Waals surface area (Å²) in [5.74, 6) is -0.522. The molecule has 2 amide bonds. The van der Waals surface area contributed by atoms with Crippen LogP contribution in [-0.2, 0) is 4.79 Å². The standard InChI is InChI=1S/C15H27N3O3/c1-12(11-17-6-2-3-7-17)16-15(21)18-8-4-13(5-9-18)10-14(19)20/h12-13H,2-11H2,1H3,(H,16,21)(H,19,20). The molecule has 2 fully saturated rings. The van der Waals surface area contributed by atoms with Crippen LogP contribution in [0.5, 0.6) is 0 Å². The van der Waals surface area contributed by atoms with Crippen LogP contribution in [0.15, 0.2) is 0 Å². The number of carbonyl (C=O) groups excluding carboxylic acids is 1. The number of hydrogen-bond donors (Lipinski definition) is 2. The average molecular weight is 297 g/mol. The van der Waals surface area contributed by atoms with Gasteiger partial charge in [0.2, 0.25) is 0 Å². The van der Waals surface area contributed by atoms with Gasteiger partial charge in [-0.25, -0.2) is 4.79 Å². The number of nitrogens with zero attached hydrogens (tertiary/aromatic N) is 2. The van der Waals surface area contributed by atoms with Crippen molar-refractivity contribution in [3.8, 4) is 0 Å². The number of carbonyl (C=O) groups is 2. The number of nitrogens with one attached hydrogen (secondary N) is 1. The molecule has 2 aliphatic rings. The maximum absolute atomic E-state index is 12.2. The summed E-state index contributed by atoms with van der Waals surface area (Å²) in [6.07, 6.45) is 4.33. The predicted molar refractivity (Wildman–Crippen MR) is 80.2 cm³/mol. The molecular weight excluding hydrogens is 270 g/mol. The predicted octanol–water partition coefficient (Wildman–Crippen LogP) is 1.37. The van der Waals surface area contributed by atoms with Crippen LogP contribution < -0.4 is 5.32 Å². The van der Waals surface area contributed by atoms with Crippen LogP contribution in [0.4, 0.5) is 4.79 Å². The molecule has 1 unspecified atom stereocenters. The lowest BCUT2D eigenvalue weighted by Crippen LogP contribution is -2.49. The zero-order valence-corrected chi connectivity index (χ0v) is 12.9. The van der Waals surface area contributed by atoms with Gasteiger partial charge in [-0.2, -0.15) is 0 Å². The molecule has 21 heavy (non-hydrogen) atoms. The van der Waals surface area contributed by atoms with Gasteiger partial charge in [-0.15, -0.1) is 0 Å². The van der Waals surface area contributed by atoms with Crippen LogP contribution in [-0.4, -0.2) is 65.7 Å². The Morgan fingerprint density at radius 1 is 1.19 bits per heavy atom. The van der Waals surface area contributed by atoms with Crippen molar-refractivity contribution in [3.63, 3.8) is 0 Å². The Balaban J connectivity index is 1.67. The van der Waals surface area contributed by atoms with Gasteiger partial charge in [0.25, 0.3) is 0 Å². The summed E-state index contributed by atoms with van der Waals surface area (Å²) < 4.78 is 0. The fraction of sp³-hybridized carbons (Fsp3) is 0.867. The summed E-state index contributed by atoms with van der Waals surface area (Å²) >= 11 is 0. The number of aliphatic carboxylic acids is 1. The van der Waals surface area contributed by atoms with Gasteiger partial charge in [0.05, 0.1) is 0 Å². The fourth-order valence-electron chi connectivity index (χ4n) is 3.29. The molecule has 6 nitrogen and oxygen atoms in total. The highest BCUT2D eigenvalue weighted by Crippen LogP contribution is 2.20.